The molecule has 1 saturated heterocycles. The summed E-state index contributed by atoms with van der Waals surface area (Å²) in [5.41, 5.74) is 4.18. The van der Waals surface area contributed by atoms with Gasteiger partial charge in [-0.15, -0.1) is 10.2 Å². The molecule has 1 aliphatic heterocycles. The highest BCUT2D eigenvalue weighted by Gasteiger charge is 2.13. The first-order valence-electron chi connectivity index (χ1n) is 8.90. The van der Waals surface area contributed by atoms with Crippen molar-refractivity contribution in [3.8, 4) is 11.5 Å². The minimum absolute atomic E-state index is 0.311. The van der Waals surface area contributed by atoms with Crippen molar-refractivity contribution in [1.82, 2.24) is 10.2 Å². The highest BCUT2D eigenvalue weighted by Crippen LogP contribution is 2.26. The summed E-state index contributed by atoms with van der Waals surface area (Å²) in [6.07, 6.45) is 1.83. The predicted molar refractivity (Wildman–Crippen MR) is 108 cm³/mol. The van der Waals surface area contributed by atoms with Crippen LogP contribution in [-0.2, 0) is 4.74 Å². The van der Waals surface area contributed by atoms with E-state index in [0.29, 0.717) is 16.8 Å². The third kappa shape index (κ3) is 4.21. The summed E-state index contributed by atoms with van der Waals surface area (Å²) in [6.45, 7) is 5.40. The van der Waals surface area contributed by atoms with E-state index in [0.717, 1.165) is 43.0 Å². The van der Waals surface area contributed by atoms with Crippen molar-refractivity contribution in [3.05, 3.63) is 65.5 Å². The van der Waals surface area contributed by atoms with Crippen molar-refractivity contribution >= 4 is 28.4 Å². The van der Waals surface area contributed by atoms with Crippen molar-refractivity contribution in [2.75, 3.05) is 31.2 Å². The molecule has 27 heavy (non-hydrogen) atoms. The minimum Gasteiger partial charge on any atom is -0.415 e. The molecule has 1 fully saturated rings. The lowest BCUT2D eigenvalue weighted by atomic mass is 10.1. The van der Waals surface area contributed by atoms with Crippen LogP contribution in [0.5, 0.6) is 0 Å². The molecule has 0 saturated carbocycles. The summed E-state index contributed by atoms with van der Waals surface area (Å²) in [5.74, 6) is 0.772. The third-order valence-corrected chi connectivity index (χ3v) is 4.73. The van der Waals surface area contributed by atoms with E-state index in [1.54, 1.807) is 0 Å². The fourth-order valence-corrected chi connectivity index (χ4v) is 3.23. The van der Waals surface area contributed by atoms with Crippen molar-refractivity contribution in [2.24, 2.45) is 0 Å². The predicted octanol–water partition coefficient (Wildman–Crippen LogP) is 4.62. The maximum absolute atomic E-state index is 6.40. The van der Waals surface area contributed by atoms with Gasteiger partial charge in [0, 0.05) is 24.3 Å². The molecule has 4 rings (SSSR count). The van der Waals surface area contributed by atoms with E-state index in [1.165, 1.54) is 5.69 Å². The average Bonchev–Trinajstić information content (AvgIpc) is 3.20. The van der Waals surface area contributed by atoms with E-state index in [9.17, 15) is 0 Å². The number of benzene rings is 2. The fourth-order valence-electron chi connectivity index (χ4n) is 3.03. The molecule has 0 bridgehead atoms. The van der Waals surface area contributed by atoms with Crippen molar-refractivity contribution in [2.45, 2.75) is 6.92 Å². The van der Waals surface area contributed by atoms with Gasteiger partial charge in [-0.25, -0.2) is 0 Å². The molecule has 6 heteroatoms. The van der Waals surface area contributed by atoms with Gasteiger partial charge in [-0.1, -0.05) is 41.4 Å². The van der Waals surface area contributed by atoms with Gasteiger partial charge in [-0.2, -0.15) is 0 Å². The number of hydrogen-bond acceptors (Lipinski definition) is 5. The molecule has 2 aromatic carbocycles. The molecule has 0 spiro atoms. The zero-order valence-corrected chi connectivity index (χ0v) is 15.8. The molecule has 0 radical (unpaired) electrons. The Balaban J connectivity index is 1.50. The second-order valence-corrected chi connectivity index (χ2v) is 6.87. The number of aryl methyl sites for hydroxylation is 1. The van der Waals surface area contributed by atoms with Gasteiger partial charge in [0.05, 0.1) is 13.2 Å². The molecular weight excluding hydrogens is 362 g/mol. The summed E-state index contributed by atoms with van der Waals surface area (Å²) < 4.78 is 11.1. The Hall–Kier alpha value is -2.63. The van der Waals surface area contributed by atoms with E-state index in [1.807, 2.05) is 49.4 Å². The maximum atomic E-state index is 6.40. The molecule has 0 unspecified atom stereocenters. The lowest BCUT2D eigenvalue weighted by Gasteiger charge is -2.28. The third-order valence-electron chi connectivity index (χ3n) is 4.46. The zero-order valence-electron chi connectivity index (χ0n) is 15.1. The topological polar surface area (TPSA) is 51.4 Å². The van der Waals surface area contributed by atoms with E-state index in [2.05, 4.69) is 27.2 Å². The first-order chi connectivity index (χ1) is 13.2. The smallest absolute Gasteiger partial charge is 0.259 e. The van der Waals surface area contributed by atoms with Crippen LogP contribution in [-0.4, -0.2) is 36.5 Å². The van der Waals surface area contributed by atoms with Gasteiger partial charge in [0.2, 0.25) is 5.89 Å². The van der Waals surface area contributed by atoms with Crippen LogP contribution < -0.4 is 4.90 Å². The summed E-state index contributed by atoms with van der Waals surface area (Å²) in [5, 5.41) is 8.59. The molecule has 3 aromatic rings. The standard InChI is InChI=1S/C21H20ClN3O2/c1-15-3-2-4-17(13-15)20-23-24-21(27-20)19(22)14-16-5-7-18(8-6-16)25-9-11-26-12-10-25/h2-8,13-14H,9-12H2,1H3/b19-14-. The van der Waals surface area contributed by atoms with Gasteiger partial charge in [0.1, 0.15) is 5.03 Å². The van der Waals surface area contributed by atoms with Crippen LogP contribution in [0.4, 0.5) is 5.69 Å². The Morgan fingerprint density at radius 3 is 2.59 bits per heavy atom. The normalized spacial score (nSPS) is 15.2. The summed E-state index contributed by atoms with van der Waals surface area (Å²) in [7, 11) is 0. The van der Waals surface area contributed by atoms with Gasteiger partial charge in [0.25, 0.3) is 5.89 Å². The second kappa shape index (κ2) is 7.94. The van der Waals surface area contributed by atoms with Crippen LogP contribution in [0.1, 0.15) is 17.0 Å². The Bertz CT molecular complexity index is 944. The van der Waals surface area contributed by atoms with Gasteiger partial charge in [-0.3, -0.25) is 0 Å². The molecule has 0 amide bonds. The molecular formula is C21H20ClN3O2. The largest absolute Gasteiger partial charge is 0.415 e. The number of anilines is 1. The van der Waals surface area contributed by atoms with Crippen LogP contribution in [0, 0.1) is 6.92 Å². The fraction of sp³-hybridized carbons (Fsp3) is 0.238. The van der Waals surface area contributed by atoms with Crippen LogP contribution >= 0.6 is 11.6 Å². The van der Waals surface area contributed by atoms with E-state index in [-0.39, 0.29) is 0 Å². The molecule has 0 aliphatic carbocycles. The summed E-state index contributed by atoms with van der Waals surface area (Å²) in [4.78, 5) is 2.31. The Labute approximate surface area is 163 Å². The van der Waals surface area contributed by atoms with Gasteiger partial charge >= 0.3 is 0 Å². The quantitative estimate of drug-likeness (QED) is 0.660. The van der Waals surface area contributed by atoms with Gasteiger partial charge in [0.15, 0.2) is 0 Å². The van der Waals surface area contributed by atoms with Crippen LogP contribution in [0.2, 0.25) is 0 Å². The first kappa shape index (κ1) is 17.8. The number of aromatic nitrogens is 2. The van der Waals surface area contributed by atoms with E-state index >= 15 is 0 Å². The van der Waals surface area contributed by atoms with Crippen LogP contribution in [0.25, 0.3) is 22.6 Å². The molecule has 0 atom stereocenters. The molecule has 138 valence electrons. The van der Waals surface area contributed by atoms with E-state index in [4.69, 9.17) is 20.8 Å². The lowest BCUT2D eigenvalue weighted by Crippen LogP contribution is -2.36. The molecule has 1 aromatic heterocycles. The highest BCUT2D eigenvalue weighted by atomic mass is 35.5. The maximum Gasteiger partial charge on any atom is 0.259 e. The number of ether oxygens (including phenoxy) is 1. The zero-order chi connectivity index (χ0) is 18.6. The SMILES string of the molecule is Cc1cccc(-c2nnc(/C(Cl)=C/c3ccc(N4CCOCC4)cc3)o2)c1. The monoisotopic (exact) mass is 381 g/mol. The summed E-state index contributed by atoms with van der Waals surface area (Å²) >= 11 is 6.40. The van der Waals surface area contributed by atoms with Gasteiger partial charge < -0.3 is 14.1 Å². The van der Waals surface area contributed by atoms with Crippen molar-refractivity contribution < 1.29 is 9.15 Å². The van der Waals surface area contributed by atoms with Crippen LogP contribution in [0.15, 0.2) is 52.9 Å². The van der Waals surface area contributed by atoms with Crippen molar-refractivity contribution in [1.29, 1.82) is 0 Å². The molecule has 1 aliphatic rings. The Morgan fingerprint density at radius 2 is 1.85 bits per heavy atom. The number of halogens is 1. The minimum atomic E-state index is 0.311. The average molecular weight is 382 g/mol. The van der Waals surface area contributed by atoms with E-state index < -0.39 is 0 Å². The number of nitrogens with zero attached hydrogens (tertiary/aromatic N) is 3. The lowest BCUT2D eigenvalue weighted by molar-refractivity contribution is 0.122. The van der Waals surface area contributed by atoms with Crippen LogP contribution in [0.3, 0.4) is 0 Å². The second-order valence-electron chi connectivity index (χ2n) is 6.47. The van der Waals surface area contributed by atoms with Crippen molar-refractivity contribution in [3.63, 3.8) is 0 Å². The Kier molecular flexibility index (Phi) is 5.23. The summed E-state index contributed by atoms with van der Waals surface area (Å²) in [6, 6.07) is 16.2. The first-order valence-corrected chi connectivity index (χ1v) is 9.28. The van der Waals surface area contributed by atoms with Gasteiger partial charge in [-0.05, 0) is 42.8 Å². The highest BCUT2D eigenvalue weighted by molar-refractivity contribution is 6.50. The molecule has 2 heterocycles. The molecule has 5 nitrogen and oxygen atoms in total. The Morgan fingerprint density at radius 1 is 1.07 bits per heavy atom. The number of morpholine rings is 1. The molecule has 0 N–H and O–H groups in total. The number of hydrogen-bond donors (Lipinski definition) is 0. The number of rotatable bonds is 4.